The van der Waals surface area contributed by atoms with E-state index in [0.717, 1.165) is 44.4 Å². The van der Waals surface area contributed by atoms with Crippen molar-refractivity contribution in [3.05, 3.63) is 35.6 Å². The summed E-state index contributed by atoms with van der Waals surface area (Å²) in [4.78, 5) is 0. The number of benzene rings is 1. The molecule has 1 aromatic carbocycles. The van der Waals surface area contributed by atoms with E-state index in [2.05, 4.69) is 12.2 Å². The zero-order valence-electron chi connectivity index (χ0n) is 11.0. The molecule has 0 aromatic heterocycles. The summed E-state index contributed by atoms with van der Waals surface area (Å²) < 4.78 is 19.1. The molecule has 1 N–H and O–H groups in total. The third kappa shape index (κ3) is 3.79. The minimum absolute atomic E-state index is 0.0993. The van der Waals surface area contributed by atoms with Gasteiger partial charge in [0.15, 0.2) is 0 Å². The van der Waals surface area contributed by atoms with Gasteiger partial charge in [-0.3, -0.25) is 0 Å². The van der Waals surface area contributed by atoms with Gasteiger partial charge in [-0.15, -0.1) is 0 Å². The third-order valence-corrected chi connectivity index (χ3v) is 3.61. The van der Waals surface area contributed by atoms with Crippen molar-refractivity contribution in [1.29, 1.82) is 0 Å². The molecule has 2 atom stereocenters. The molecular formula is C15H22FNO. The van der Waals surface area contributed by atoms with Crippen molar-refractivity contribution in [2.75, 3.05) is 13.2 Å². The topological polar surface area (TPSA) is 21.3 Å². The van der Waals surface area contributed by atoms with Gasteiger partial charge in [-0.1, -0.05) is 25.1 Å². The summed E-state index contributed by atoms with van der Waals surface area (Å²) in [6.45, 7) is 3.84. The minimum Gasteiger partial charge on any atom is -0.378 e. The summed E-state index contributed by atoms with van der Waals surface area (Å²) >= 11 is 0. The van der Waals surface area contributed by atoms with Crippen LogP contribution >= 0.6 is 0 Å². The van der Waals surface area contributed by atoms with E-state index in [4.69, 9.17) is 4.74 Å². The average Bonchev–Trinajstić information content (AvgIpc) is 2.41. The third-order valence-electron chi connectivity index (χ3n) is 3.61. The molecule has 1 fully saturated rings. The van der Waals surface area contributed by atoms with Crippen LogP contribution in [0, 0.1) is 5.82 Å². The smallest absolute Gasteiger partial charge is 0.126 e. The van der Waals surface area contributed by atoms with Crippen molar-refractivity contribution < 1.29 is 9.13 Å². The molecule has 2 rings (SSSR count). The largest absolute Gasteiger partial charge is 0.378 e. The van der Waals surface area contributed by atoms with E-state index in [-0.39, 0.29) is 5.82 Å². The molecule has 0 saturated carbocycles. The van der Waals surface area contributed by atoms with E-state index in [0.29, 0.717) is 12.1 Å². The Bertz CT molecular complexity index is 369. The van der Waals surface area contributed by atoms with E-state index in [1.165, 1.54) is 6.07 Å². The van der Waals surface area contributed by atoms with Gasteiger partial charge in [-0.25, -0.2) is 4.39 Å². The van der Waals surface area contributed by atoms with E-state index in [1.807, 2.05) is 12.1 Å². The molecule has 2 unspecified atom stereocenters. The number of hydrogen-bond donors (Lipinski definition) is 1. The molecule has 0 radical (unpaired) electrons. The Balaban J connectivity index is 1.73. The van der Waals surface area contributed by atoms with E-state index in [1.54, 1.807) is 6.07 Å². The average molecular weight is 251 g/mol. The van der Waals surface area contributed by atoms with E-state index < -0.39 is 0 Å². The highest BCUT2D eigenvalue weighted by molar-refractivity contribution is 5.17. The van der Waals surface area contributed by atoms with Crippen molar-refractivity contribution in [2.45, 2.75) is 44.8 Å². The molecule has 1 heterocycles. The standard InChI is InChI=1S/C15H22FNO/c1-2-14-11-13(8-10-18-14)17-9-7-12-5-3-4-6-15(12)16/h3-6,13-14,17H,2,7-11H2,1H3. The number of halogens is 1. The first-order valence-corrected chi connectivity index (χ1v) is 6.88. The van der Waals surface area contributed by atoms with Gasteiger partial charge in [0.05, 0.1) is 6.10 Å². The first-order valence-electron chi connectivity index (χ1n) is 6.88. The Kier molecular flexibility index (Phi) is 5.14. The number of nitrogens with one attached hydrogen (secondary N) is 1. The fourth-order valence-electron chi connectivity index (χ4n) is 2.46. The second-order valence-corrected chi connectivity index (χ2v) is 4.92. The van der Waals surface area contributed by atoms with Gasteiger partial charge in [0.1, 0.15) is 5.82 Å². The van der Waals surface area contributed by atoms with Crippen LogP contribution in [0.1, 0.15) is 31.7 Å². The highest BCUT2D eigenvalue weighted by Crippen LogP contribution is 2.16. The first-order chi connectivity index (χ1) is 8.79. The summed E-state index contributed by atoms with van der Waals surface area (Å²) in [5, 5.41) is 3.51. The lowest BCUT2D eigenvalue weighted by Crippen LogP contribution is -2.39. The summed E-state index contributed by atoms with van der Waals surface area (Å²) in [7, 11) is 0. The molecule has 2 nitrogen and oxygen atoms in total. The van der Waals surface area contributed by atoms with Gasteiger partial charge in [0.25, 0.3) is 0 Å². The second-order valence-electron chi connectivity index (χ2n) is 4.92. The Hall–Kier alpha value is -0.930. The van der Waals surface area contributed by atoms with Crippen molar-refractivity contribution in [3.8, 4) is 0 Å². The van der Waals surface area contributed by atoms with Gasteiger partial charge in [-0.2, -0.15) is 0 Å². The van der Waals surface area contributed by atoms with Crippen molar-refractivity contribution in [1.82, 2.24) is 5.32 Å². The zero-order valence-corrected chi connectivity index (χ0v) is 11.0. The predicted octanol–water partition coefficient (Wildman–Crippen LogP) is 2.92. The van der Waals surface area contributed by atoms with E-state index >= 15 is 0 Å². The molecular weight excluding hydrogens is 229 g/mol. The Morgan fingerprint density at radius 3 is 3.00 bits per heavy atom. The van der Waals surface area contributed by atoms with Crippen molar-refractivity contribution in [3.63, 3.8) is 0 Å². The van der Waals surface area contributed by atoms with Crippen LogP contribution in [0.3, 0.4) is 0 Å². The van der Waals surface area contributed by atoms with Crippen LogP contribution in [0.2, 0.25) is 0 Å². The van der Waals surface area contributed by atoms with Crippen LogP contribution in [0.15, 0.2) is 24.3 Å². The van der Waals surface area contributed by atoms with Gasteiger partial charge < -0.3 is 10.1 Å². The number of ether oxygens (including phenoxy) is 1. The van der Waals surface area contributed by atoms with Crippen LogP contribution < -0.4 is 5.32 Å². The number of hydrogen-bond acceptors (Lipinski definition) is 2. The highest BCUT2D eigenvalue weighted by atomic mass is 19.1. The molecule has 100 valence electrons. The molecule has 3 heteroatoms. The van der Waals surface area contributed by atoms with E-state index in [9.17, 15) is 4.39 Å². The maximum absolute atomic E-state index is 13.4. The lowest BCUT2D eigenvalue weighted by Gasteiger charge is -2.29. The fraction of sp³-hybridized carbons (Fsp3) is 0.600. The molecule has 0 amide bonds. The molecule has 18 heavy (non-hydrogen) atoms. The van der Waals surface area contributed by atoms with Crippen molar-refractivity contribution in [2.24, 2.45) is 0 Å². The summed E-state index contributed by atoms with van der Waals surface area (Å²) in [5.74, 6) is -0.0993. The molecule has 0 bridgehead atoms. The second kappa shape index (κ2) is 6.86. The Morgan fingerprint density at radius 2 is 2.22 bits per heavy atom. The Labute approximate surface area is 109 Å². The lowest BCUT2D eigenvalue weighted by atomic mass is 10.0. The Morgan fingerprint density at radius 1 is 1.39 bits per heavy atom. The van der Waals surface area contributed by atoms with Gasteiger partial charge >= 0.3 is 0 Å². The minimum atomic E-state index is -0.0993. The van der Waals surface area contributed by atoms with Crippen LogP contribution in [0.25, 0.3) is 0 Å². The molecule has 1 aromatic rings. The summed E-state index contributed by atoms with van der Waals surface area (Å²) in [5.41, 5.74) is 0.795. The normalized spacial score (nSPS) is 24.1. The highest BCUT2D eigenvalue weighted by Gasteiger charge is 2.20. The SMILES string of the molecule is CCC1CC(NCCc2ccccc2F)CCO1. The van der Waals surface area contributed by atoms with Crippen LogP contribution in [0.5, 0.6) is 0 Å². The molecule has 1 aliphatic heterocycles. The maximum atomic E-state index is 13.4. The predicted molar refractivity (Wildman–Crippen MR) is 71.2 cm³/mol. The molecule has 0 spiro atoms. The fourth-order valence-corrected chi connectivity index (χ4v) is 2.46. The lowest BCUT2D eigenvalue weighted by molar-refractivity contribution is 0.000107. The van der Waals surface area contributed by atoms with Crippen LogP contribution in [0.4, 0.5) is 4.39 Å². The van der Waals surface area contributed by atoms with Crippen LogP contribution in [-0.4, -0.2) is 25.3 Å². The van der Waals surface area contributed by atoms with Gasteiger partial charge in [-0.05, 0) is 43.9 Å². The maximum Gasteiger partial charge on any atom is 0.126 e. The zero-order chi connectivity index (χ0) is 12.8. The summed E-state index contributed by atoms with van der Waals surface area (Å²) in [6, 6.07) is 7.53. The number of rotatable bonds is 5. The summed E-state index contributed by atoms with van der Waals surface area (Å²) in [6.07, 6.45) is 4.36. The molecule has 0 aliphatic carbocycles. The van der Waals surface area contributed by atoms with Crippen LogP contribution in [-0.2, 0) is 11.2 Å². The van der Waals surface area contributed by atoms with Gasteiger partial charge in [0, 0.05) is 12.6 Å². The van der Waals surface area contributed by atoms with Crippen molar-refractivity contribution >= 4 is 0 Å². The quantitative estimate of drug-likeness (QED) is 0.868. The van der Waals surface area contributed by atoms with Gasteiger partial charge in [0.2, 0.25) is 0 Å². The monoisotopic (exact) mass is 251 g/mol. The first kappa shape index (κ1) is 13.5. The molecule has 1 aliphatic rings. The molecule has 1 saturated heterocycles.